The second-order valence-corrected chi connectivity index (χ2v) is 14.8. The Morgan fingerprint density at radius 1 is 0.800 bits per heavy atom. The van der Waals surface area contributed by atoms with Crippen LogP contribution < -0.4 is 19.0 Å². The minimum atomic E-state index is -6.29. The molecule has 0 saturated heterocycles. The maximum absolute atomic E-state index is 16.1. The second kappa shape index (κ2) is 6.55. The van der Waals surface area contributed by atoms with E-state index in [0.29, 0.717) is 22.3 Å². The van der Waals surface area contributed by atoms with Crippen molar-refractivity contribution in [3.05, 3.63) is 65.8 Å². The molecule has 2 rings (SSSR count). The summed E-state index contributed by atoms with van der Waals surface area (Å²) in [6.07, 6.45) is 0. The molecule has 0 unspecified atom stereocenters. The van der Waals surface area contributed by atoms with Gasteiger partial charge in [0, 0.05) is 0 Å². The van der Waals surface area contributed by atoms with Gasteiger partial charge in [-0.1, -0.05) is 0 Å². The number of halogens is 4. The van der Waals surface area contributed by atoms with Crippen LogP contribution in [0.2, 0.25) is 0 Å². The van der Waals surface area contributed by atoms with Crippen molar-refractivity contribution in [2.24, 2.45) is 0 Å². The van der Waals surface area contributed by atoms with Crippen molar-refractivity contribution in [1.82, 2.24) is 0 Å². The molecule has 25 heavy (non-hydrogen) atoms. The van der Waals surface area contributed by atoms with Crippen molar-refractivity contribution in [2.75, 3.05) is 0 Å². The predicted octanol–water partition coefficient (Wildman–Crippen LogP) is 1.10. The molecule has 0 bridgehead atoms. The summed E-state index contributed by atoms with van der Waals surface area (Å²) in [7, 11) is -6.19. The molecule has 0 N–H and O–H groups in total. The number of hydrogen-bond acceptors (Lipinski definition) is 3. The molecule has 0 radical (unpaired) electrons. The first-order chi connectivity index (χ1) is 11.3. The molecule has 0 aliphatic carbocycles. The van der Waals surface area contributed by atoms with E-state index in [1.165, 1.54) is 24.3 Å². The molecule has 0 fully saturated rings. The van der Waals surface area contributed by atoms with Crippen LogP contribution in [-0.4, -0.2) is 16.2 Å². The SMILES string of the molecule is Cc1cc(C)cc([I-](F)(c2cc(C)cc(C)c2)C(F)(F)S(=O)(=O)[O-])c1. The molecule has 8 heteroatoms. The van der Waals surface area contributed by atoms with E-state index in [1.807, 2.05) is 0 Å². The van der Waals surface area contributed by atoms with E-state index in [-0.39, 0.29) is 7.14 Å². The predicted molar refractivity (Wildman–Crippen MR) is 85.0 cm³/mol. The summed E-state index contributed by atoms with van der Waals surface area (Å²) in [5.41, 5.74) is 2.07. The van der Waals surface area contributed by atoms with Crippen molar-refractivity contribution in [3.63, 3.8) is 0 Å². The third-order valence-corrected chi connectivity index (χ3v) is 13.6. The molecular formula is C17H18F3IO3S-2. The van der Waals surface area contributed by atoms with Crippen molar-refractivity contribution in [2.45, 2.75) is 31.0 Å². The van der Waals surface area contributed by atoms with Gasteiger partial charge in [0.1, 0.15) is 0 Å². The summed E-state index contributed by atoms with van der Waals surface area (Å²) < 4.78 is 73.5. The van der Waals surface area contributed by atoms with Crippen molar-refractivity contribution in [3.8, 4) is 0 Å². The van der Waals surface area contributed by atoms with Crippen LogP contribution in [0, 0.1) is 34.8 Å². The monoisotopic (exact) mass is 486 g/mol. The Labute approximate surface area is 150 Å². The number of aryl methyl sites for hydroxylation is 4. The average Bonchev–Trinajstić information content (AvgIpc) is 2.42. The topological polar surface area (TPSA) is 57.2 Å². The minimum absolute atomic E-state index is 0.390. The zero-order valence-electron chi connectivity index (χ0n) is 14.1. The zero-order valence-corrected chi connectivity index (χ0v) is 17.1. The van der Waals surface area contributed by atoms with Crippen LogP contribution in [0.15, 0.2) is 36.4 Å². The van der Waals surface area contributed by atoms with Gasteiger partial charge in [0.2, 0.25) is 0 Å². The Morgan fingerprint density at radius 2 is 1.08 bits per heavy atom. The van der Waals surface area contributed by atoms with E-state index in [4.69, 9.17) is 0 Å². The molecule has 0 atom stereocenters. The van der Waals surface area contributed by atoms with Crippen LogP contribution in [-0.2, 0) is 10.1 Å². The van der Waals surface area contributed by atoms with Gasteiger partial charge in [-0.15, -0.1) is 0 Å². The van der Waals surface area contributed by atoms with Crippen LogP contribution in [0.4, 0.5) is 11.6 Å². The van der Waals surface area contributed by atoms with E-state index in [2.05, 4.69) is 0 Å². The fraction of sp³-hybridized carbons (Fsp3) is 0.294. The van der Waals surface area contributed by atoms with Gasteiger partial charge < -0.3 is 0 Å². The molecular weight excluding hydrogens is 468 g/mol. The van der Waals surface area contributed by atoms with Crippen molar-refractivity contribution >= 4 is 10.1 Å². The van der Waals surface area contributed by atoms with Crippen LogP contribution in [0.5, 0.6) is 0 Å². The fourth-order valence-corrected chi connectivity index (χ4v) is 12.2. The van der Waals surface area contributed by atoms with E-state index >= 15 is 2.86 Å². The second-order valence-electron chi connectivity index (χ2n) is 6.01. The van der Waals surface area contributed by atoms with Crippen LogP contribution in [0.3, 0.4) is 0 Å². The molecule has 0 aliphatic heterocycles. The summed E-state index contributed by atoms with van der Waals surface area (Å²) >= 11 is -6.29. The van der Waals surface area contributed by atoms with Gasteiger partial charge in [-0.25, -0.2) is 0 Å². The number of hydrogen-bond donors (Lipinski definition) is 0. The molecule has 3 nitrogen and oxygen atoms in total. The Hall–Kier alpha value is -1.13. The zero-order chi connectivity index (χ0) is 19.2. The van der Waals surface area contributed by atoms with E-state index in [9.17, 15) is 21.8 Å². The maximum atomic E-state index is 16.1. The number of benzene rings is 2. The Bertz CT molecular complexity index is 835. The Balaban J connectivity index is 2.94. The van der Waals surface area contributed by atoms with Crippen LogP contribution >= 0.6 is 0 Å². The standard InChI is InChI=1S/C17H19F3IO3S/c1-11-5-12(2)8-15(7-11)21(20,17(18,19)25(22,23)24)16-9-13(3)6-14(4)10-16/h5-10H,1-4H3,(H,22,23,24)/q-1/p-1. The van der Waals surface area contributed by atoms with Gasteiger partial charge >= 0.3 is 150 Å². The summed E-state index contributed by atoms with van der Waals surface area (Å²) in [6, 6.07) is 8.16. The molecule has 0 aliphatic rings. The number of rotatable bonds is 4. The molecule has 140 valence electrons. The Kier molecular flexibility index (Phi) is 5.29. The van der Waals surface area contributed by atoms with Gasteiger partial charge in [0.25, 0.3) is 0 Å². The molecule has 0 spiro atoms. The quantitative estimate of drug-likeness (QED) is 0.370. The fourth-order valence-electron chi connectivity index (χ4n) is 2.65. The third-order valence-electron chi connectivity index (χ3n) is 3.56. The average molecular weight is 486 g/mol. The first kappa shape index (κ1) is 20.2. The van der Waals surface area contributed by atoms with Gasteiger partial charge in [-0.05, 0) is 0 Å². The van der Waals surface area contributed by atoms with E-state index < -0.39 is 32.4 Å². The van der Waals surface area contributed by atoms with Gasteiger partial charge in [0.05, 0.1) is 0 Å². The summed E-state index contributed by atoms with van der Waals surface area (Å²) in [5.74, 6) is 0. The molecule has 0 amide bonds. The summed E-state index contributed by atoms with van der Waals surface area (Å²) in [4.78, 5) is 0. The first-order valence-electron chi connectivity index (χ1n) is 7.26. The summed E-state index contributed by atoms with van der Waals surface area (Å²) in [5, 5.41) is 0. The van der Waals surface area contributed by atoms with E-state index in [1.54, 1.807) is 39.8 Å². The van der Waals surface area contributed by atoms with Gasteiger partial charge in [-0.2, -0.15) is 0 Å². The third kappa shape index (κ3) is 3.56. The van der Waals surface area contributed by atoms with Crippen LogP contribution in [0.1, 0.15) is 22.3 Å². The van der Waals surface area contributed by atoms with Crippen molar-refractivity contribution in [1.29, 1.82) is 0 Å². The number of alkyl halides is 3. The van der Waals surface area contributed by atoms with Gasteiger partial charge in [0.15, 0.2) is 0 Å². The molecule has 2 aromatic carbocycles. The van der Waals surface area contributed by atoms with E-state index in [0.717, 1.165) is 0 Å². The van der Waals surface area contributed by atoms with Crippen molar-refractivity contribution < 1.29 is 43.6 Å². The van der Waals surface area contributed by atoms with Gasteiger partial charge in [-0.3, -0.25) is 0 Å². The molecule has 0 saturated carbocycles. The first-order valence-corrected chi connectivity index (χ1v) is 12.7. The normalized spacial score (nSPS) is 13.8. The molecule has 0 aromatic heterocycles. The summed E-state index contributed by atoms with van der Waals surface area (Å²) in [6.45, 7) is 6.40. The molecule has 0 heterocycles. The van der Waals surface area contributed by atoms with Crippen LogP contribution in [0.25, 0.3) is 0 Å². The molecule has 2 aromatic rings. The Morgan fingerprint density at radius 3 is 1.32 bits per heavy atom.